The van der Waals surface area contributed by atoms with Gasteiger partial charge >= 0.3 is 0 Å². The molecule has 2 N–H and O–H groups in total. The van der Waals surface area contributed by atoms with Crippen molar-refractivity contribution in [3.05, 3.63) is 17.3 Å². The van der Waals surface area contributed by atoms with Gasteiger partial charge in [0.1, 0.15) is 5.76 Å². The number of hydrogen-bond acceptors (Lipinski definition) is 4. The Balaban J connectivity index is 0.00000288. The van der Waals surface area contributed by atoms with E-state index in [9.17, 15) is 0 Å². The monoisotopic (exact) mass is 449 g/mol. The van der Waals surface area contributed by atoms with Crippen molar-refractivity contribution < 1.29 is 4.42 Å². The molecule has 0 amide bonds. The van der Waals surface area contributed by atoms with Crippen LogP contribution in [0.5, 0.6) is 0 Å². The minimum absolute atomic E-state index is 0. The zero-order valence-electron chi connectivity index (χ0n) is 15.4. The van der Waals surface area contributed by atoms with Crippen LogP contribution in [0, 0.1) is 19.8 Å². The number of aryl methyl sites for hydroxylation is 2. The number of hydrogen-bond donors (Lipinski definition) is 2. The molecule has 6 nitrogen and oxygen atoms in total. The molecule has 1 aromatic rings. The third-order valence-electron chi connectivity index (χ3n) is 4.34. The Bertz CT molecular complexity index is 492. The van der Waals surface area contributed by atoms with Gasteiger partial charge in [0.2, 0.25) is 5.89 Å². The lowest BCUT2D eigenvalue weighted by molar-refractivity contribution is 0.201. The summed E-state index contributed by atoms with van der Waals surface area (Å²) in [5.41, 5.74) is 0.944. The molecular weight excluding hydrogens is 417 g/mol. The molecule has 1 aliphatic rings. The maximum absolute atomic E-state index is 5.57. The van der Waals surface area contributed by atoms with Crippen LogP contribution in [0.1, 0.15) is 43.5 Å². The van der Waals surface area contributed by atoms with Crippen molar-refractivity contribution in [1.29, 1.82) is 0 Å². The number of piperidine rings is 1. The molecule has 138 valence electrons. The normalized spacial score (nSPS) is 17.2. The van der Waals surface area contributed by atoms with Crippen LogP contribution >= 0.6 is 24.0 Å². The zero-order valence-corrected chi connectivity index (χ0v) is 17.7. The van der Waals surface area contributed by atoms with Crippen LogP contribution in [0.25, 0.3) is 0 Å². The highest BCUT2D eigenvalue weighted by Crippen LogP contribution is 2.10. The summed E-state index contributed by atoms with van der Waals surface area (Å²) in [5, 5.41) is 6.65. The lowest BCUT2D eigenvalue weighted by atomic mass is 10.1. The number of guanidine groups is 1. The fourth-order valence-corrected chi connectivity index (χ4v) is 2.91. The Kier molecular flexibility index (Phi) is 9.65. The Morgan fingerprint density at radius 3 is 2.54 bits per heavy atom. The van der Waals surface area contributed by atoms with Crippen molar-refractivity contribution in [3.8, 4) is 0 Å². The van der Waals surface area contributed by atoms with Crippen LogP contribution in [0.3, 0.4) is 0 Å². The fraction of sp³-hybridized carbons (Fsp3) is 0.765. The van der Waals surface area contributed by atoms with E-state index in [0.29, 0.717) is 18.4 Å². The first-order valence-electron chi connectivity index (χ1n) is 8.68. The SMILES string of the molecule is CN=C(NCc1nc(C)c(C)o1)NCC(C)CN1CCCCC1.I. The predicted octanol–water partition coefficient (Wildman–Crippen LogP) is 2.70. The van der Waals surface area contributed by atoms with Crippen LogP contribution in [0.2, 0.25) is 0 Å². The van der Waals surface area contributed by atoms with E-state index in [-0.39, 0.29) is 24.0 Å². The van der Waals surface area contributed by atoms with Gasteiger partial charge in [-0.15, -0.1) is 24.0 Å². The maximum Gasteiger partial charge on any atom is 0.214 e. The highest BCUT2D eigenvalue weighted by atomic mass is 127. The molecule has 1 aromatic heterocycles. The maximum atomic E-state index is 5.57. The van der Waals surface area contributed by atoms with Gasteiger partial charge in [0.25, 0.3) is 0 Å². The average molecular weight is 449 g/mol. The van der Waals surface area contributed by atoms with Crippen LogP contribution < -0.4 is 10.6 Å². The van der Waals surface area contributed by atoms with Gasteiger partial charge in [-0.05, 0) is 45.7 Å². The summed E-state index contributed by atoms with van der Waals surface area (Å²) < 4.78 is 5.57. The molecule has 2 rings (SSSR count). The molecule has 0 saturated carbocycles. The van der Waals surface area contributed by atoms with E-state index >= 15 is 0 Å². The van der Waals surface area contributed by atoms with E-state index in [0.717, 1.165) is 30.5 Å². The third kappa shape index (κ3) is 6.96. The van der Waals surface area contributed by atoms with E-state index in [1.165, 1.54) is 32.4 Å². The number of rotatable bonds is 6. The predicted molar refractivity (Wildman–Crippen MR) is 109 cm³/mol. The van der Waals surface area contributed by atoms with Crippen LogP contribution in [0.15, 0.2) is 9.41 Å². The minimum Gasteiger partial charge on any atom is -0.444 e. The topological polar surface area (TPSA) is 65.7 Å². The van der Waals surface area contributed by atoms with E-state index in [4.69, 9.17) is 4.42 Å². The molecular formula is C17H32IN5O. The van der Waals surface area contributed by atoms with Gasteiger partial charge in [-0.2, -0.15) is 0 Å². The standard InChI is InChI=1S/C17H31N5O.HI/c1-13(12-22-8-6-5-7-9-22)10-19-17(18-4)20-11-16-21-14(2)15(3)23-16;/h13H,5-12H2,1-4H3,(H2,18,19,20);1H. The largest absolute Gasteiger partial charge is 0.444 e. The number of halogens is 1. The third-order valence-corrected chi connectivity index (χ3v) is 4.34. The van der Waals surface area contributed by atoms with Crippen LogP contribution in [-0.2, 0) is 6.54 Å². The highest BCUT2D eigenvalue weighted by Gasteiger charge is 2.14. The van der Waals surface area contributed by atoms with Crippen LogP contribution in [-0.4, -0.2) is 49.1 Å². The molecule has 7 heteroatoms. The first-order valence-corrected chi connectivity index (χ1v) is 8.68. The quantitative estimate of drug-likeness (QED) is 0.397. The second-order valence-electron chi connectivity index (χ2n) is 6.52. The van der Waals surface area contributed by atoms with E-state index in [2.05, 4.69) is 32.4 Å². The summed E-state index contributed by atoms with van der Waals surface area (Å²) in [6.45, 7) is 11.3. The summed E-state index contributed by atoms with van der Waals surface area (Å²) in [5.74, 6) is 2.96. The molecule has 0 aliphatic carbocycles. The van der Waals surface area contributed by atoms with E-state index < -0.39 is 0 Å². The Morgan fingerprint density at radius 2 is 1.96 bits per heavy atom. The van der Waals surface area contributed by atoms with Gasteiger partial charge in [0.15, 0.2) is 5.96 Å². The van der Waals surface area contributed by atoms with E-state index in [1.54, 1.807) is 7.05 Å². The van der Waals surface area contributed by atoms with Crippen LogP contribution in [0.4, 0.5) is 0 Å². The van der Waals surface area contributed by atoms with Gasteiger partial charge in [-0.1, -0.05) is 13.3 Å². The van der Waals surface area contributed by atoms with Gasteiger partial charge in [-0.25, -0.2) is 4.98 Å². The second-order valence-corrected chi connectivity index (χ2v) is 6.52. The van der Waals surface area contributed by atoms with Crippen molar-refractivity contribution in [2.24, 2.45) is 10.9 Å². The molecule has 2 heterocycles. The van der Waals surface area contributed by atoms with Crippen molar-refractivity contribution >= 4 is 29.9 Å². The molecule has 1 aliphatic heterocycles. The second kappa shape index (κ2) is 10.9. The number of aliphatic imine (C=N–C) groups is 1. The van der Waals surface area contributed by atoms with Gasteiger partial charge in [0.05, 0.1) is 12.2 Å². The van der Waals surface area contributed by atoms with Crippen molar-refractivity contribution in [1.82, 2.24) is 20.5 Å². The minimum atomic E-state index is 0. The zero-order chi connectivity index (χ0) is 16.7. The number of aromatic nitrogens is 1. The number of likely N-dealkylation sites (tertiary alicyclic amines) is 1. The first-order chi connectivity index (χ1) is 11.1. The summed E-state index contributed by atoms with van der Waals surface area (Å²) in [4.78, 5) is 11.2. The molecule has 0 spiro atoms. The molecule has 1 fully saturated rings. The molecule has 1 saturated heterocycles. The molecule has 1 atom stereocenters. The Hall–Kier alpha value is -0.830. The smallest absolute Gasteiger partial charge is 0.214 e. The van der Waals surface area contributed by atoms with Crippen molar-refractivity contribution in [2.45, 2.75) is 46.6 Å². The summed E-state index contributed by atoms with van der Waals surface area (Å²) in [7, 11) is 1.79. The lowest BCUT2D eigenvalue weighted by Gasteiger charge is -2.29. The summed E-state index contributed by atoms with van der Waals surface area (Å²) >= 11 is 0. The first kappa shape index (κ1) is 21.2. The Labute approximate surface area is 162 Å². The molecule has 0 bridgehead atoms. The fourth-order valence-electron chi connectivity index (χ4n) is 2.91. The van der Waals surface area contributed by atoms with Crippen molar-refractivity contribution in [2.75, 3.05) is 33.2 Å². The van der Waals surface area contributed by atoms with E-state index in [1.807, 2.05) is 13.8 Å². The highest BCUT2D eigenvalue weighted by molar-refractivity contribution is 14.0. The van der Waals surface area contributed by atoms with Gasteiger partial charge < -0.3 is 20.0 Å². The molecule has 24 heavy (non-hydrogen) atoms. The number of oxazole rings is 1. The van der Waals surface area contributed by atoms with Gasteiger partial charge in [0, 0.05) is 20.1 Å². The average Bonchev–Trinajstić information content (AvgIpc) is 2.87. The number of nitrogens with zero attached hydrogens (tertiary/aromatic N) is 3. The van der Waals surface area contributed by atoms with Crippen molar-refractivity contribution in [3.63, 3.8) is 0 Å². The molecule has 1 unspecified atom stereocenters. The lowest BCUT2D eigenvalue weighted by Crippen LogP contribution is -2.42. The summed E-state index contributed by atoms with van der Waals surface area (Å²) in [6, 6.07) is 0. The molecule has 0 aromatic carbocycles. The molecule has 0 radical (unpaired) electrons. The number of nitrogens with one attached hydrogen (secondary N) is 2. The summed E-state index contributed by atoms with van der Waals surface area (Å²) in [6.07, 6.45) is 4.08. The Morgan fingerprint density at radius 1 is 1.25 bits per heavy atom. The van der Waals surface area contributed by atoms with Gasteiger partial charge in [-0.3, -0.25) is 4.99 Å².